The van der Waals surface area contributed by atoms with Gasteiger partial charge in [0, 0.05) is 25.2 Å². The van der Waals surface area contributed by atoms with E-state index in [1.54, 1.807) is 0 Å². The number of halogens is 3. The van der Waals surface area contributed by atoms with Crippen molar-refractivity contribution in [2.24, 2.45) is 11.8 Å². The number of rotatable bonds is 7. The topological polar surface area (TPSA) is 84.0 Å². The Bertz CT molecular complexity index is 877. The molecule has 31 heavy (non-hydrogen) atoms. The third-order valence-corrected chi connectivity index (χ3v) is 6.89. The summed E-state index contributed by atoms with van der Waals surface area (Å²) >= 11 is 0. The molecule has 0 aliphatic carbocycles. The summed E-state index contributed by atoms with van der Waals surface area (Å²) in [7, 11) is -2.68. The number of carbonyl (C=O) groups excluding carboxylic acids is 2. The van der Waals surface area contributed by atoms with Crippen LogP contribution >= 0.6 is 0 Å². The Hall–Kier alpha value is -2.14. The summed E-state index contributed by atoms with van der Waals surface area (Å²) in [5.74, 6) is -1.27. The van der Waals surface area contributed by atoms with E-state index in [9.17, 15) is 31.2 Å². The molecule has 1 aromatic rings. The van der Waals surface area contributed by atoms with Gasteiger partial charge in [-0.2, -0.15) is 17.5 Å². The van der Waals surface area contributed by atoms with Gasteiger partial charge in [0.2, 0.25) is 10.0 Å². The summed E-state index contributed by atoms with van der Waals surface area (Å²) in [6.45, 7) is 2.72. The van der Waals surface area contributed by atoms with Gasteiger partial charge in [-0.25, -0.2) is 8.42 Å². The second-order valence-electron chi connectivity index (χ2n) is 7.96. The maximum Gasteiger partial charge on any atom is 0.406 e. The number of benzene rings is 1. The molecule has 1 aromatic carbocycles. The Balaban J connectivity index is 2.20. The van der Waals surface area contributed by atoms with Crippen molar-refractivity contribution in [1.82, 2.24) is 9.21 Å². The highest BCUT2D eigenvalue weighted by molar-refractivity contribution is 7.89. The van der Waals surface area contributed by atoms with Crippen molar-refractivity contribution in [2.75, 3.05) is 33.3 Å². The van der Waals surface area contributed by atoms with E-state index in [-0.39, 0.29) is 22.3 Å². The maximum absolute atomic E-state index is 12.9. The largest absolute Gasteiger partial charge is 0.469 e. The van der Waals surface area contributed by atoms with Gasteiger partial charge in [0.25, 0.3) is 5.91 Å². The number of nitrogens with zero attached hydrogens (tertiary/aromatic N) is 2. The molecule has 2 unspecified atom stereocenters. The monoisotopic (exact) mass is 464 g/mol. The minimum atomic E-state index is -4.66. The summed E-state index contributed by atoms with van der Waals surface area (Å²) in [4.78, 5) is 24.3. The van der Waals surface area contributed by atoms with Gasteiger partial charge in [-0.15, -0.1) is 0 Å². The number of hydrogen-bond acceptors (Lipinski definition) is 5. The lowest BCUT2D eigenvalue weighted by Gasteiger charge is -2.34. The molecular weight excluding hydrogens is 437 g/mol. The Morgan fingerprint density at radius 3 is 2.16 bits per heavy atom. The molecule has 1 aliphatic rings. The van der Waals surface area contributed by atoms with Crippen LogP contribution in [0.3, 0.4) is 0 Å². The molecular formula is C20H27F3N2O5S. The zero-order chi connectivity index (χ0) is 23.4. The van der Waals surface area contributed by atoms with Crippen molar-refractivity contribution in [2.45, 2.75) is 37.8 Å². The fourth-order valence-electron chi connectivity index (χ4n) is 3.70. The highest BCUT2D eigenvalue weighted by atomic mass is 32.2. The minimum absolute atomic E-state index is 0.0257. The summed E-state index contributed by atoms with van der Waals surface area (Å²) in [6.07, 6.45) is -4.12. The van der Waals surface area contributed by atoms with Crippen molar-refractivity contribution in [3.8, 4) is 0 Å². The number of esters is 1. The van der Waals surface area contributed by atoms with Gasteiger partial charge in [0.05, 0.1) is 18.4 Å². The molecule has 174 valence electrons. The minimum Gasteiger partial charge on any atom is -0.469 e. The Kier molecular flexibility index (Phi) is 8.09. The van der Waals surface area contributed by atoms with Gasteiger partial charge in [-0.3, -0.25) is 9.59 Å². The second-order valence-corrected chi connectivity index (χ2v) is 9.90. The van der Waals surface area contributed by atoms with Crippen LogP contribution in [0.5, 0.6) is 0 Å². The van der Waals surface area contributed by atoms with Crippen molar-refractivity contribution in [3.63, 3.8) is 0 Å². The molecule has 0 bridgehead atoms. The number of ether oxygens (including phenoxy) is 1. The number of amides is 1. The smallest absolute Gasteiger partial charge is 0.406 e. The number of methoxy groups -OCH3 is 1. The first kappa shape index (κ1) is 25.1. The molecule has 7 nitrogen and oxygen atoms in total. The highest BCUT2D eigenvalue weighted by Crippen LogP contribution is 2.27. The van der Waals surface area contributed by atoms with Gasteiger partial charge in [-0.1, -0.05) is 13.8 Å². The third-order valence-electron chi connectivity index (χ3n) is 5.05. The highest BCUT2D eigenvalue weighted by Gasteiger charge is 2.34. The first-order chi connectivity index (χ1) is 14.3. The molecule has 1 amide bonds. The Morgan fingerprint density at radius 1 is 1.13 bits per heavy atom. The molecule has 1 heterocycles. The van der Waals surface area contributed by atoms with Crippen LogP contribution in [0.4, 0.5) is 13.2 Å². The van der Waals surface area contributed by atoms with Crippen molar-refractivity contribution in [3.05, 3.63) is 29.8 Å². The zero-order valence-corrected chi connectivity index (χ0v) is 18.5. The Labute approximate surface area is 180 Å². The Morgan fingerprint density at radius 2 is 1.68 bits per heavy atom. The normalized spacial score (nSPS) is 20.3. The summed E-state index contributed by atoms with van der Waals surface area (Å²) < 4.78 is 70.3. The summed E-state index contributed by atoms with van der Waals surface area (Å²) in [5.41, 5.74) is -0.103. The van der Waals surface area contributed by atoms with Gasteiger partial charge < -0.3 is 9.64 Å². The van der Waals surface area contributed by atoms with E-state index in [1.165, 1.54) is 28.6 Å². The molecule has 1 saturated heterocycles. The lowest BCUT2D eigenvalue weighted by Crippen LogP contribution is -2.42. The number of sulfonamides is 1. The van der Waals surface area contributed by atoms with E-state index in [4.69, 9.17) is 0 Å². The molecule has 0 saturated carbocycles. The van der Waals surface area contributed by atoms with Gasteiger partial charge >= 0.3 is 12.1 Å². The van der Waals surface area contributed by atoms with Gasteiger partial charge in [0.15, 0.2) is 0 Å². The van der Waals surface area contributed by atoms with Crippen LogP contribution in [0.15, 0.2) is 29.2 Å². The van der Waals surface area contributed by atoms with E-state index in [0.29, 0.717) is 18.0 Å². The van der Waals surface area contributed by atoms with E-state index in [1.807, 2.05) is 13.8 Å². The van der Waals surface area contributed by atoms with E-state index < -0.39 is 47.6 Å². The van der Waals surface area contributed by atoms with Crippen LogP contribution in [0.25, 0.3) is 0 Å². The fraction of sp³-hybridized carbons (Fsp3) is 0.600. The lowest BCUT2D eigenvalue weighted by atomic mass is 9.94. The number of hydrogen-bond donors (Lipinski definition) is 0. The summed E-state index contributed by atoms with van der Waals surface area (Å²) in [6, 6.07) is 4.82. The van der Waals surface area contributed by atoms with Crippen molar-refractivity contribution >= 4 is 21.9 Å². The summed E-state index contributed by atoms with van der Waals surface area (Å²) in [5, 5.41) is 0. The van der Waals surface area contributed by atoms with Gasteiger partial charge in [0.1, 0.15) is 6.54 Å². The molecule has 0 radical (unpaired) electrons. The van der Waals surface area contributed by atoms with Gasteiger partial charge in [-0.05, 0) is 42.5 Å². The van der Waals surface area contributed by atoms with Crippen LogP contribution in [-0.4, -0.2) is 69.0 Å². The first-order valence-electron chi connectivity index (χ1n) is 9.86. The van der Waals surface area contributed by atoms with Crippen LogP contribution in [0.1, 0.15) is 37.0 Å². The van der Waals surface area contributed by atoms with Crippen molar-refractivity contribution in [1.29, 1.82) is 0 Å². The zero-order valence-electron chi connectivity index (χ0n) is 17.7. The van der Waals surface area contributed by atoms with Crippen molar-refractivity contribution < 1.29 is 35.9 Å². The molecule has 2 rings (SSSR count). The van der Waals surface area contributed by atoms with Crippen LogP contribution in [0.2, 0.25) is 0 Å². The molecule has 1 aliphatic heterocycles. The third kappa shape index (κ3) is 6.93. The first-order valence-corrected chi connectivity index (χ1v) is 11.3. The van der Waals surface area contributed by atoms with E-state index >= 15 is 0 Å². The maximum atomic E-state index is 12.9. The number of piperidine rings is 1. The molecule has 0 N–H and O–H groups in total. The average molecular weight is 465 g/mol. The number of carbonyl (C=O) groups is 2. The molecule has 1 fully saturated rings. The van der Waals surface area contributed by atoms with E-state index in [2.05, 4.69) is 4.74 Å². The van der Waals surface area contributed by atoms with E-state index in [0.717, 1.165) is 13.5 Å². The predicted molar refractivity (Wildman–Crippen MR) is 107 cm³/mol. The molecule has 2 atom stereocenters. The molecule has 0 spiro atoms. The SMILES string of the molecule is COC(=O)CCN(CC(F)(F)F)C(=O)c1ccc(S(=O)(=O)N2CC(C)CC(C)C2)cc1. The van der Waals surface area contributed by atoms with Crippen LogP contribution in [-0.2, 0) is 19.6 Å². The fourth-order valence-corrected chi connectivity index (χ4v) is 5.38. The second kappa shape index (κ2) is 9.99. The standard InChI is InChI=1S/C20H27F3N2O5S/c1-14-10-15(2)12-25(11-14)31(28,29)17-6-4-16(5-7-17)19(27)24(13-20(21,22)23)9-8-18(26)30-3/h4-7,14-15H,8-13H2,1-3H3. The quantitative estimate of drug-likeness (QED) is 0.580. The lowest BCUT2D eigenvalue weighted by molar-refractivity contribution is -0.147. The molecule has 11 heteroatoms. The number of alkyl halides is 3. The predicted octanol–water partition coefficient (Wildman–Crippen LogP) is 2.92. The molecule has 0 aromatic heterocycles. The van der Waals surface area contributed by atoms with Crippen LogP contribution < -0.4 is 0 Å². The van der Waals surface area contributed by atoms with Crippen LogP contribution in [0, 0.1) is 11.8 Å². The average Bonchev–Trinajstić information content (AvgIpc) is 2.68.